The van der Waals surface area contributed by atoms with Gasteiger partial charge in [-0.15, -0.1) is 0 Å². The van der Waals surface area contributed by atoms with Crippen molar-refractivity contribution < 1.29 is 4.74 Å². The highest BCUT2D eigenvalue weighted by molar-refractivity contribution is 7.22. The summed E-state index contributed by atoms with van der Waals surface area (Å²) in [5, 5.41) is 1.14. The molecule has 1 aromatic heterocycles. The van der Waals surface area contributed by atoms with Gasteiger partial charge in [-0.3, -0.25) is 0 Å². The number of nitrogens with zero attached hydrogens (tertiary/aromatic N) is 3. The Morgan fingerprint density at radius 3 is 2.74 bits per heavy atom. The van der Waals surface area contributed by atoms with Crippen molar-refractivity contribution in [2.45, 2.75) is 6.92 Å². The molecular weight excluding hydrogens is 258 g/mol. The lowest BCUT2D eigenvalue weighted by atomic mass is 10.3. The summed E-state index contributed by atoms with van der Waals surface area (Å²) in [6.45, 7) is 7.78. The van der Waals surface area contributed by atoms with Crippen LogP contribution in [0.4, 0.5) is 5.13 Å². The second-order valence-corrected chi connectivity index (χ2v) is 5.76. The summed E-state index contributed by atoms with van der Waals surface area (Å²) in [4.78, 5) is 9.60. The number of aromatic nitrogens is 1. The fraction of sp³-hybridized carbons (Fsp3) is 0.500. The average molecular weight is 277 g/mol. The van der Waals surface area contributed by atoms with Crippen LogP contribution >= 0.6 is 11.3 Å². The van der Waals surface area contributed by atoms with E-state index in [4.69, 9.17) is 9.72 Å². The molecule has 0 bridgehead atoms. The van der Waals surface area contributed by atoms with Gasteiger partial charge < -0.3 is 14.5 Å². The van der Waals surface area contributed by atoms with E-state index in [1.54, 1.807) is 18.4 Å². The second-order valence-electron chi connectivity index (χ2n) is 4.75. The van der Waals surface area contributed by atoms with Gasteiger partial charge in [0.25, 0.3) is 0 Å². The van der Waals surface area contributed by atoms with Crippen LogP contribution in [0.15, 0.2) is 18.2 Å². The third-order valence-corrected chi connectivity index (χ3v) is 4.75. The maximum absolute atomic E-state index is 5.26. The first-order valence-electron chi connectivity index (χ1n) is 6.72. The molecule has 0 aliphatic carbocycles. The highest BCUT2D eigenvalue weighted by Gasteiger charge is 2.18. The molecule has 0 spiro atoms. The Kier molecular flexibility index (Phi) is 3.57. The summed E-state index contributed by atoms with van der Waals surface area (Å²) in [7, 11) is 1.70. The molecule has 1 aromatic carbocycles. The quantitative estimate of drug-likeness (QED) is 0.861. The molecule has 0 radical (unpaired) electrons. The summed E-state index contributed by atoms with van der Waals surface area (Å²) in [5.41, 5.74) is 1.07. The van der Waals surface area contributed by atoms with Crippen LogP contribution in [0.3, 0.4) is 0 Å². The van der Waals surface area contributed by atoms with Crippen molar-refractivity contribution in [3.8, 4) is 5.75 Å². The van der Waals surface area contributed by atoms with E-state index in [1.807, 2.05) is 12.1 Å². The van der Waals surface area contributed by atoms with Gasteiger partial charge in [-0.05, 0) is 24.7 Å². The van der Waals surface area contributed by atoms with Crippen molar-refractivity contribution in [2.24, 2.45) is 0 Å². The summed E-state index contributed by atoms with van der Waals surface area (Å²) in [6.07, 6.45) is 0. The Morgan fingerprint density at radius 2 is 2.05 bits per heavy atom. The minimum atomic E-state index is 0.901. The average Bonchev–Trinajstić information content (AvgIpc) is 2.90. The van der Waals surface area contributed by atoms with E-state index >= 15 is 0 Å². The van der Waals surface area contributed by atoms with Crippen LogP contribution in [0.5, 0.6) is 5.75 Å². The third-order valence-electron chi connectivity index (χ3n) is 3.67. The van der Waals surface area contributed by atoms with Gasteiger partial charge >= 0.3 is 0 Å². The lowest BCUT2D eigenvalue weighted by molar-refractivity contribution is 0.271. The van der Waals surface area contributed by atoms with Crippen molar-refractivity contribution in [2.75, 3.05) is 44.7 Å². The van der Waals surface area contributed by atoms with E-state index in [1.165, 1.54) is 4.70 Å². The molecule has 1 aliphatic rings. The molecule has 2 heterocycles. The SMILES string of the molecule is CCN1CCN(c2nc3ccc(OC)cc3s2)CC1. The zero-order chi connectivity index (χ0) is 13.2. The number of rotatable bonds is 3. The van der Waals surface area contributed by atoms with Crippen molar-refractivity contribution in [3.05, 3.63) is 18.2 Å². The first kappa shape index (κ1) is 12.7. The molecule has 5 heteroatoms. The van der Waals surface area contributed by atoms with E-state index in [0.717, 1.165) is 49.1 Å². The van der Waals surface area contributed by atoms with E-state index < -0.39 is 0 Å². The van der Waals surface area contributed by atoms with Crippen LogP contribution < -0.4 is 9.64 Å². The molecule has 4 nitrogen and oxygen atoms in total. The maximum atomic E-state index is 5.26. The third kappa shape index (κ3) is 2.53. The molecule has 0 amide bonds. The Bertz CT molecular complexity index is 561. The zero-order valence-corrected chi connectivity index (χ0v) is 12.2. The molecule has 0 unspecified atom stereocenters. The molecule has 1 aliphatic heterocycles. The molecule has 2 aromatic rings. The minimum Gasteiger partial charge on any atom is -0.497 e. The number of methoxy groups -OCH3 is 1. The Morgan fingerprint density at radius 1 is 1.26 bits per heavy atom. The lowest BCUT2D eigenvalue weighted by Crippen LogP contribution is -2.46. The van der Waals surface area contributed by atoms with Crippen molar-refractivity contribution in [1.29, 1.82) is 0 Å². The molecule has 19 heavy (non-hydrogen) atoms. The van der Waals surface area contributed by atoms with Crippen LogP contribution in [-0.2, 0) is 0 Å². The van der Waals surface area contributed by atoms with Gasteiger partial charge in [0.1, 0.15) is 5.75 Å². The Labute approximate surface area is 117 Å². The predicted molar refractivity (Wildman–Crippen MR) is 80.5 cm³/mol. The van der Waals surface area contributed by atoms with Crippen LogP contribution in [0, 0.1) is 0 Å². The van der Waals surface area contributed by atoms with Crippen molar-refractivity contribution >= 4 is 26.7 Å². The van der Waals surface area contributed by atoms with Crippen molar-refractivity contribution in [1.82, 2.24) is 9.88 Å². The summed E-state index contributed by atoms with van der Waals surface area (Å²) in [6, 6.07) is 6.08. The number of piperazine rings is 1. The number of hydrogen-bond donors (Lipinski definition) is 0. The lowest BCUT2D eigenvalue weighted by Gasteiger charge is -2.33. The fourth-order valence-corrected chi connectivity index (χ4v) is 3.46. The smallest absolute Gasteiger partial charge is 0.186 e. The van der Waals surface area contributed by atoms with Crippen molar-refractivity contribution in [3.63, 3.8) is 0 Å². The molecule has 1 saturated heterocycles. The summed E-state index contributed by atoms with van der Waals surface area (Å²) < 4.78 is 6.47. The van der Waals surface area contributed by atoms with E-state index in [2.05, 4.69) is 22.8 Å². The maximum Gasteiger partial charge on any atom is 0.186 e. The summed E-state index contributed by atoms with van der Waals surface area (Å²) >= 11 is 1.76. The van der Waals surface area contributed by atoms with Gasteiger partial charge in [0.15, 0.2) is 5.13 Å². The van der Waals surface area contributed by atoms with Gasteiger partial charge in [0, 0.05) is 26.2 Å². The van der Waals surface area contributed by atoms with Crippen LogP contribution in [0.1, 0.15) is 6.92 Å². The number of likely N-dealkylation sites (N-methyl/N-ethyl adjacent to an activating group) is 1. The molecule has 0 N–H and O–H groups in total. The van der Waals surface area contributed by atoms with Gasteiger partial charge in [-0.25, -0.2) is 4.98 Å². The van der Waals surface area contributed by atoms with Gasteiger partial charge in [0.05, 0.1) is 17.3 Å². The molecule has 0 saturated carbocycles. The molecular formula is C14H19N3OS. The predicted octanol–water partition coefficient (Wildman–Crippen LogP) is 2.45. The minimum absolute atomic E-state index is 0.901. The first-order chi connectivity index (χ1) is 9.30. The Balaban J connectivity index is 1.81. The highest BCUT2D eigenvalue weighted by Crippen LogP contribution is 2.31. The standard InChI is InChI=1S/C14H19N3OS/c1-3-16-6-8-17(9-7-16)14-15-12-5-4-11(18-2)10-13(12)19-14/h4-5,10H,3,6-9H2,1-2H3. The number of hydrogen-bond acceptors (Lipinski definition) is 5. The van der Waals surface area contributed by atoms with Crippen LogP contribution in [-0.4, -0.2) is 49.7 Å². The summed E-state index contributed by atoms with van der Waals surface area (Å²) in [5.74, 6) is 0.901. The monoisotopic (exact) mass is 277 g/mol. The van der Waals surface area contributed by atoms with Gasteiger partial charge in [-0.2, -0.15) is 0 Å². The molecule has 102 valence electrons. The number of benzene rings is 1. The number of thiazole rings is 1. The normalized spacial score (nSPS) is 17.1. The van der Waals surface area contributed by atoms with Crippen LogP contribution in [0.25, 0.3) is 10.2 Å². The molecule has 3 rings (SSSR count). The fourth-order valence-electron chi connectivity index (χ4n) is 2.41. The number of fused-ring (bicyclic) bond motifs is 1. The highest BCUT2D eigenvalue weighted by atomic mass is 32.1. The van der Waals surface area contributed by atoms with E-state index in [-0.39, 0.29) is 0 Å². The molecule has 1 fully saturated rings. The van der Waals surface area contributed by atoms with E-state index in [9.17, 15) is 0 Å². The number of anilines is 1. The second kappa shape index (κ2) is 5.35. The van der Waals surface area contributed by atoms with Crippen LogP contribution in [0.2, 0.25) is 0 Å². The molecule has 0 atom stereocenters. The first-order valence-corrected chi connectivity index (χ1v) is 7.53. The zero-order valence-electron chi connectivity index (χ0n) is 11.4. The van der Waals surface area contributed by atoms with Gasteiger partial charge in [-0.1, -0.05) is 18.3 Å². The largest absolute Gasteiger partial charge is 0.497 e. The Hall–Kier alpha value is -1.33. The van der Waals surface area contributed by atoms with Gasteiger partial charge in [0.2, 0.25) is 0 Å². The van der Waals surface area contributed by atoms with E-state index in [0.29, 0.717) is 0 Å². The topological polar surface area (TPSA) is 28.6 Å². The number of ether oxygens (including phenoxy) is 1.